The van der Waals surface area contributed by atoms with Crippen LogP contribution in [0.1, 0.15) is 65.9 Å². The van der Waals surface area contributed by atoms with Gasteiger partial charge in [0.2, 0.25) is 0 Å². The van der Waals surface area contributed by atoms with E-state index in [1.807, 2.05) is 54.8 Å². The Hall–Kier alpha value is -4.62. The van der Waals surface area contributed by atoms with E-state index in [2.05, 4.69) is 21.1 Å². The van der Waals surface area contributed by atoms with E-state index in [-0.39, 0.29) is 25.9 Å². The van der Waals surface area contributed by atoms with Crippen LogP contribution in [0.5, 0.6) is 5.75 Å². The van der Waals surface area contributed by atoms with Gasteiger partial charge in [0.1, 0.15) is 5.75 Å². The molecule has 1 aromatic carbocycles. The zero-order valence-electron chi connectivity index (χ0n) is 28.2. The number of carbonyl (C=O) groups is 3. The van der Waals surface area contributed by atoms with E-state index in [4.69, 9.17) is 9.57 Å². The van der Waals surface area contributed by atoms with Crippen molar-refractivity contribution < 1.29 is 41.6 Å². The molecule has 0 aliphatic carbocycles. The van der Waals surface area contributed by atoms with Crippen molar-refractivity contribution >= 4 is 60.0 Å². The first-order valence-corrected chi connectivity index (χ1v) is 17.3. The fourth-order valence-corrected chi connectivity index (χ4v) is 7.05. The molecule has 3 aromatic rings. The van der Waals surface area contributed by atoms with Crippen molar-refractivity contribution in [3.05, 3.63) is 92.6 Å². The largest absolute Gasteiger partial charge is 0.737 e. The van der Waals surface area contributed by atoms with Gasteiger partial charge in [0, 0.05) is 48.4 Å². The number of carbonyl (C=O) groups excluding carboxylic acids is 3. The summed E-state index contributed by atoms with van der Waals surface area (Å²) in [5, 5.41) is 2.45. The molecule has 2 aromatic heterocycles. The van der Waals surface area contributed by atoms with Crippen molar-refractivity contribution in [2.24, 2.45) is 0 Å². The molecule has 49 heavy (non-hydrogen) atoms. The van der Waals surface area contributed by atoms with Crippen LogP contribution in [-0.2, 0) is 19.2 Å². The maximum absolute atomic E-state index is 16.8. The molecular weight excluding hydrogens is 649 g/mol. The van der Waals surface area contributed by atoms with E-state index >= 15 is 8.63 Å². The molecule has 0 atom stereocenters. The van der Waals surface area contributed by atoms with E-state index in [1.54, 1.807) is 24.3 Å². The molecular formula is C36H40BF2N4O5S+. The number of thiophene rings is 1. The van der Waals surface area contributed by atoms with Crippen LogP contribution in [-0.4, -0.2) is 83.3 Å². The number of halogens is 2. The van der Waals surface area contributed by atoms with Gasteiger partial charge in [0.15, 0.2) is 11.4 Å². The number of quaternary nitrogens is 1. The van der Waals surface area contributed by atoms with Gasteiger partial charge in [-0.2, -0.15) is 0 Å². The number of aryl methyl sites for hydroxylation is 1. The van der Waals surface area contributed by atoms with Gasteiger partial charge in [0.25, 0.3) is 11.8 Å². The van der Waals surface area contributed by atoms with Gasteiger partial charge in [-0.15, -0.1) is 16.4 Å². The van der Waals surface area contributed by atoms with Crippen LogP contribution in [0.15, 0.2) is 65.2 Å². The van der Waals surface area contributed by atoms with Gasteiger partial charge in [-0.25, -0.2) is 4.79 Å². The Labute approximate surface area is 288 Å². The lowest BCUT2D eigenvalue weighted by Gasteiger charge is -2.31. The molecule has 5 heterocycles. The van der Waals surface area contributed by atoms with Gasteiger partial charge in [-0.05, 0) is 66.6 Å². The summed E-state index contributed by atoms with van der Waals surface area (Å²) >= 11 is 1.46. The molecule has 3 aliphatic heterocycles. The zero-order chi connectivity index (χ0) is 34.9. The number of hydrogen-bond donors (Lipinski definition) is 0. The molecule has 0 bridgehead atoms. The molecule has 6 rings (SSSR count). The Bertz CT molecular complexity index is 1890. The molecule has 1 fully saturated rings. The van der Waals surface area contributed by atoms with Crippen molar-refractivity contribution in [1.29, 1.82) is 0 Å². The van der Waals surface area contributed by atoms with Crippen LogP contribution in [0.25, 0.3) is 18.2 Å². The van der Waals surface area contributed by atoms with Crippen molar-refractivity contribution in [2.45, 2.75) is 45.4 Å². The maximum atomic E-state index is 16.8. The summed E-state index contributed by atoms with van der Waals surface area (Å²) in [6.07, 6.45) is 9.42. The van der Waals surface area contributed by atoms with Gasteiger partial charge >= 0.3 is 12.9 Å². The lowest BCUT2D eigenvalue weighted by molar-refractivity contribution is -0.870. The number of ether oxygens (including phenoxy) is 1. The number of amides is 2. The highest BCUT2D eigenvalue weighted by molar-refractivity contribution is 7.12. The monoisotopic (exact) mass is 689 g/mol. The maximum Gasteiger partial charge on any atom is 0.737 e. The Kier molecular flexibility index (Phi) is 9.59. The van der Waals surface area contributed by atoms with Crippen molar-refractivity contribution in [3.63, 3.8) is 0 Å². The van der Waals surface area contributed by atoms with Crippen LogP contribution >= 0.6 is 11.3 Å². The smallest absolute Gasteiger partial charge is 0.494 e. The van der Waals surface area contributed by atoms with Crippen molar-refractivity contribution in [1.82, 2.24) is 9.54 Å². The molecule has 0 spiro atoms. The minimum atomic E-state index is -4.19. The summed E-state index contributed by atoms with van der Waals surface area (Å²) in [6, 6.07) is 12.8. The molecule has 0 unspecified atom stereocenters. The average molecular weight is 690 g/mol. The van der Waals surface area contributed by atoms with Gasteiger partial charge in [-0.3, -0.25) is 9.59 Å². The summed E-state index contributed by atoms with van der Waals surface area (Å²) in [4.78, 5) is 40.9. The Morgan fingerprint density at radius 2 is 1.78 bits per heavy atom. The Morgan fingerprint density at radius 1 is 1.04 bits per heavy atom. The third-order valence-electron chi connectivity index (χ3n) is 8.73. The number of aromatic nitrogens is 1. The van der Waals surface area contributed by atoms with E-state index < -0.39 is 24.8 Å². The summed E-state index contributed by atoms with van der Waals surface area (Å²) < 4.78 is 42.6. The fraction of sp³-hybridized carbons (Fsp3) is 0.333. The zero-order valence-corrected chi connectivity index (χ0v) is 29.0. The Balaban J connectivity index is 1.14. The van der Waals surface area contributed by atoms with E-state index in [1.165, 1.54) is 20.3 Å². The molecule has 256 valence electrons. The highest BCUT2D eigenvalue weighted by Crippen LogP contribution is 2.40. The summed E-state index contributed by atoms with van der Waals surface area (Å²) in [5.74, 6) is -1.13. The first-order chi connectivity index (χ1) is 23.3. The quantitative estimate of drug-likeness (QED) is 0.0912. The minimum absolute atomic E-state index is 0.0142. The van der Waals surface area contributed by atoms with Crippen LogP contribution < -0.4 is 4.74 Å². The van der Waals surface area contributed by atoms with Crippen LogP contribution in [0.3, 0.4) is 0 Å². The number of hydroxylamine groups is 2. The molecule has 3 aliphatic rings. The fourth-order valence-electron chi connectivity index (χ4n) is 6.31. The van der Waals surface area contributed by atoms with Gasteiger partial charge in [-0.1, -0.05) is 24.3 Å². The lowest BCUT2D eigenvalue weighted by Crippen LogP contribution is -2.51. The Morgan fingerprint density at radius 3 is 2.45 bits per heavy atom. The normalized spacial score (nSPS) is 17.1. The average Bonchev–Trinajstić information content (AvgIpc) is 3.83. The van der Waals surface area contributed by atoms with Gasteiger partial charge in [0.05, 0.1) is 45.6 Å². The van der Waals surface area contributed by atoms with E-state index in [9.17, 15) is 14.4 Å². The third-order valence-corrected chi connectivity index (χ3v) is 9.62. The number of nitrogens with zero attached hydrogens (tertiary/aromatic N) is 4. The number of allylic oxidation sites excluding steroid dienone is 2. The minimum Gasteiger partial charge on any atom is -0.494 e. The van der Waals surface area contributed by atoms with Crippen LogP contribution in [0, 0.1) is 6.92 Å². The topological polar surface area (TPSA) is 80.9 Å². The molecule has 13 heteroatoms. The number of hydrogen-bond acceptors (Lipinski definition) is 6. The van der Waals surface area contributed by atoms with E-state index in [0.29, 0.717) is 40.0 Å². The molecule has 9 nitrogen and oxygen atoms in total. The highest BCUT2D eigenvalue weighted by atomic mass is 32.1. The summed E-state index contributed by atoms with van der Waals surface area (Å²) in [7, 11) is 6.42. The van der Waals surface area contributed by atoms with Crippen molar-refractivity contribution in [2.75, 3.05) is 34.3 Å². The van der Waals surface area contributed by atoms with Crippen LogP contribution in [0.4, 0.5) is 8.63 Å². The molecule has 2 amide bonds. The summed E-state index contributed by atoms with van der Waals surface area (Å²) in [5.41, 5.74) is 4.61. The lowest BCUT2D eigenvalue weighted by atomic mass is 9.88. The van der Waals surface area contributed by atoms with Crippen molar-refractivity contribution in [3.8, 4) is 5.75 Å². The second-order valence-electron chi connectivity index (χ2n) is 13.5. The van der Waals surface area contributed by atoms with Gasteiger partial charge < -0.3 is 31.7 Å². The number of benzene rings is 1. The number of fused-ring (bicyclic) bond motifs is 2. The second kappa shape index (κ2) is 13.7. The number of imide groups is 1. The molecule has 0 N–H and O–H groups in total. The van der Waals surface area contributed by atoms with Crippen LogP contribution in [0.2, 0.25) is 0 Å². The predicted octanol–water partition coefficient (Wildman–Crippen LogP) is 6.30. The molecule has 0 radical (unpaired) electrons. The molecule has 1 saturated heterocycles. The highest BCUT2D eigenvalue weighted by Gasteiger charge is 2.54. The second-order valence-corrected chi connectivity index (χ2v) is 14.5. The SMILES string of the molecule is Cc1cc(/C=C/c2ccc(OCCCC(=O)ON3C(=O)CCC3=O)cc2)n2c1C=C1C(CCC[N+](C)(C)C)=CC(c3cccs3)=[N+]1[B-]2(F)F. The number of rotatable bonds is 13. The standard InChI is InChI=1S/C36H40BF2N4O5S/c1-25-22-28(14-11-26-12-15-29(16-13-26)47-20-6-10-36(46)48-42-34(44)17-18-35(42)45)40-30(25)24-31-27(8-5-19-43(2,3)4)23-32(33-9-7-21-49-33)41(31)37(40,38)39/h7,9,11-16,21-24H,5-6,8,10,17-20H2,1-4H3/q+1/b14-11+. The summed E-state index contributed by atoms with van der Waals surface area (Å²) in [6.45, 7) is -1.15. The first-order valence-electron chi connectivity index (χ1n) is 16.5. The third kappa shape index (κ3) is 7.37. The first kappa shape index (κ1) is 34.3. The predicted molar refractivity (Wildman–Crippen MR) is 187 cm³/mol. The van der Waals surface area contributed by atoms with E-state index in [0.717, 1.165) is 45.4 Å². The molecule has 0 saturated carbocycles.